The topological polar surface area (TPSA) is 26.3 Å². The molecule has 1 aromatic carbocycles. The summed E-state index contributed by atoms with van der Waals surface area (Å²) in [5, 5.41) is 0. The van der Waals surface area contributed by atoms with Crippen LogP contribution in [0.3, 0.4) is 0 Å². The lowest BCUT2D eigenvalue weighted by atomic mass is 9.99. The standard InChI is InChI=1S/C13H18O2/c1-10-8-11(2)12(6-4-5-7-14)13(9-10)15-3/h7-9H,4-6H2,1-3H3. The monoisotopic (exact) mass is 206 g/mol. The molecule has 0 aliphatic carbocycles. The van der Waals surface area contributed by atoms with Crippen molar-refractivity contribution in [1.82, 2.24) is 0 Å². The van der Waals surface area contributed by atoms with Gasteiger partial charge < -0.3 is 9.53 Å². The Morgan fingerprint density at radius 2 is 2.07 bits per heavy atom. The van der Waals surface area contributed by atoms with Gasteiger partial charge in [-0.15, -0.1) is 0 Å². The number of carbonyl (C=O) groups is 1. The normalized spacial score (nSPS) is 10.1. The van der Waals surface area contributed by atoms with E-state index in [1.54, 1.807) is 7.11 Å². The molecule has 0 aliphatic heterocycles. The molecule has 0 radical (unpaired) electrons. The van der Waals surface area contributed by atoms with Crippen LogP contribution in [0.1, 0.15) is 29.5 Å². The number of benzene rings is 1. The summed E-state index contributed by atoms with van der Waals surface area (Å²) in [6.07, 6.45) is 3.39. The van der Waals surface area contributed by atoms with E-state index in [4.69, 9.17) is 4.74 Å². The van der Waals surface area contributed by atoms with Crippen LogP contribution in [-0.2, 0) is 11.2 Å². The van der Waals surface area contributed by atoms with E-state index in [0.29, 0.717) is 6.42 Å². The van der Waals surface area contributed by atoms with Gasteiger partial charge in [-0.3, -0.25) is 0 Å². The van der Waals surface area contributed by atoms with Gasteiger partial charge in [-0.2, -0.15) is 0 Å². The first kappa shape index (κ1) is 11.8. The number of methoxy groups -OCH3 is 1. The molecule has 1 aromatic rings. The van der Waals surface area contributed by atoms with Gasteiger partial charge >= 0.3 is 0 Å². The molecule has 82 valence electrons. The third-order valence-electron chi connectivity index (χ3n) is 2.55. The van der Waals surface area contributed by atoms with Crippen molar-refractivity contribution >= 4 is 6.29 Å². The Labute approximate surface area is 91.3 Å². The fourth-order valence-electron chi connectivity index (χ4n) is 1.82. The van der Waals surface area contributed by atoms with Gasteiger partial charge in [-0.05, 0) is 49.4 Å². The van der Waals surface area contributed by atoms with Gasteiger partial charge in [0.2, 0.25) is 0 Å². The van der Waals surface area contributed by atoms with E-state index in [9.17, 15) is 4.79 Å². The summed E-state index contributed by atoms with van der Waals surface area (Å²) < 4.78 is 5.35. The zero-order chi connectivity index (χ0) is 11.3. The summed E-state index contributed by atoms with van der Waals surface area (Å²) >= 11 is 0. The predicted molar refractivity (Wildman–Crippen MR) is 61.5 cm³/mol. The van der Waals surface area contributed by atoms with E-state index in [1.165, 1.54) is 16.7 Å². The summed E-state index contributed by atoms with van der Waals surface area (Å²) in [6, 6.07) is 4.20. The van der Waals surface area contributed by atoms with Crippen molar-refractivity contribution < 1.29 is 9.53 Å². The third-order valence-corrected chi connectivity index (χ3v) is 2.55. The maximum absolute atomic E-state index is 10.3. The molecular formula is C13H18O2. The highest BCUT2D eigenvalue weighted by Gasteiger charge is 2.06. The molecule has 0 fully saturated rings. The van der Waals surface area contributed by atoms with E-state index < -0.39 is 0 Å². The number of aldehydes is 1. The fourth-order valence-corrected chi connectivity index (χ4v) is 1.82. The molecule has 1 rings (SSSR count). The van der Waals surface area contributed by atoms with Crippen LogP contribution >= 0.6 is 0 Å². The van der Waals surface area contributed by atoms with Crippen LogP contribution < -0.4 is 4.74 Å². The van der Waals surface area contributed by atoms with Crippen LogP contribution in [-0.4, -0.2) is 13.4 Å². The van der Waals surface area contributed by atoms with E-state index in [-0.39, 0.29) is 0 Å². The second-order valence-corrected chi connectivity index (χ2v) is 3.82. The molecular weight excluding hydrogens is 188 g/mol. The van der Waals surface area contributed by atoms with Crippen LogP contribution in [0.5, 0.6) is 5.75 Å². The molecule has 2 heteroatoms. The Morgan fingerprint density at radius 1 is 1.33 bits per heavy atom. The molecule has 0 N–H and O–H groups in total. The van der Waals surface area contributed by atoms with Crippen molar-refractivity contribution in [2.45, 2.75) is 33.1 Å². The zero-order valence-corrected chi connectivity index (χ0v) is 9.67. The van der Waals surface area contributed by atoms with Gasteiger partial charge in [0, 0.05) is 6.42 Å². The van der Waals surface area contributed by atoms with Crippen LogP contribution in [0, 0.1) is 13.8 Å². The number of hydrogen-bond acceptors (Lipinski definition) is 2. The number of ether oxygens (including phenoxy) is 1. The maximum Gasteiger partial charge on any atom is 0.122 e. The van der Waals surface area contributed by atoms with E-state index in [1.807, 2.05) is 6.07 Å². The Bertz CT molecular complexity index is 343. The molecule has 0 spiro atoms. The Kier molecular flexibility index (Phi) is 4.35. The highest BCUT2D eigenvalue weighted by atomic mass is 16.5. The van der Waals surface area contributed by atoms with Crippen LogP contribution in [0.15, 0.2) is 12.1 Å². The minimum Gasteiger partial charge on any atom is -0.496 e. The minimum absolute atomic E-state index is 0.621. The van der Waals surface area contributed by atoms with Gasteiger partial charge in [-0.25, -0.2) is 0 Å². The molecule has 0 aliphatic rings. The van der Waals surface area contributed by atoms with Crippen molar-refractivity contribution in [3.63, 3.8) is 0 Å². The molecule has 0 bridgehead atoms. The predicted octanol–water partition coefficient (Wildman–Crippen LogP) is 2.83. The average molecular weight is 206 g/mol. The molecule has 0 unspecified atom stereocenters. The zero-order valence-electron chi connectivity index (χ0n) is 9.67. The first-order valence-corrected chi connectivity index (χ1v) is 5.26. The minimum atomic E-state index is 0.621. The molecule has 0 saturated carbocycles. The summed E-state index contributed by atoms with van der Waals surface area (Å²) in [7, 11) is 1.69. The Balaban J connectivity index is 2.88. The summed E-state index contributed by atoms with van der Waals surface area (Å²) in [5.74, 6) is 0.943. The molecule has 0 atom stereocenters. The highest BCUT2D eigenvalue weighted by molar-refractivity contribution is 5.49. The smallest absolute Gasteiger partial charge is 0.122 e. The van der Waals surface area contributed by atoms with E-state index in [2.05, 4.69) is 19.9 Å². The van der Waals surface area contributed by atoms with Gasteiger partial charge in [0.25, 0.3) is 0 Å². The highest BCUT2D eigenvalue weighted by Crippen LogP contribution is 2.25. The summed E-state index contributed by atoms with van der Waals surface area (Å²) in [6.45, 7) is 4.15. The molecule has 2 nitrogen and oxygen atoms in total. The second-order valence-electron chi connectivity index (χ2n) is 3.82. The van der Waals surface area contributed by atoms with Gasteiger partial charge in [0.15, 0.2) is 0 Å². The van der Waals surface area contributed by atoms with Gasteiger partial charge in [0.1, 0.15) is 12.0 Å². The number of unbranched alkanes of at least 4 members (excludes halogenated alkanes) is 1. The Hall–Kier alpha value is -1.31. The van der Waals surface area contributed by atoms with Crippen LogP contribution in [0.2, 0.25) is 0 Å². The first-order valence-electron chi connectivity index (χ1n) is 5.26. The number of hydrogen-bond donors (Lipinski definition) is 0. The maximum atomic E-state index is 10.3. The van der Waals surface area contributed by atoms with E-state index in [0.717, 1.165) is 24.9 Å². The lowest BCUT2D eigenvalue weighted by molar-refractivity contribution is -0.107. The summed E-state index contributed by atoms with van der Waals surface area (Å²) in [4.78, 5) is 10.3. The van der Waals surface area contributed by atoms with Crippen LogP contribution in [0.4, 0.5) is 0 Å². The summed E-state index contributed by atoms with van der Waals surface area (Å²) in [5.41, 5.74) is 3.69. The average Bonchev–Trinajstić information content (AvgIpc) is 2.20. The van der Waals surface area contributed by atoms with Crippen molar-refractivity contribution in [3.8, 4) is 5.75 Å². The molecule has 0 amide bonds. The molecule has 15 heavy (non-hydrogen) atoms. The number of aryl methyl sites for hydroxylation is 2. The largest absolute Gasteiger partial charge is 0.496 e. The molecule has 0 heterocycles. The fraction of sp³-hybridized carbons (Fsp3) is 0.462. The van der Waals surface area contributed by atoms with E-state index >= 15 is 0 Å². The molecule has 0 saturated heterocycles. The SMILES string of the molecule is COc1cc(C)cc(C)c1CCCC=O. The van der Waals surface area contributed by atoms with Gasteiger partial charge in [0.05, 0.1) is 7.11 Å². The lowest BCUT2D eigenvalue weighted by Crippen LogP contribution is -1.97. The van der Waals surface area contributed by atoms with Crippen molar-refractivity contribution in [2.75, 3.05) is 7.11 Å². The quantitative estimate of drug-likeness (QED) is 0.547. The lowest BCUT2D eigenvalue weighted by Gasteiger charge is -2.12. The van der Waals surface area contributed by atoms with Crippen molar-refractivity contribution in [2.24, 2.45) is 0 Å². The van der Waals surface area contributed by atoms with Gasteiger partial charge in [-0.1, -0.05) is 6.07 Å². The number of rotatable bonds is 5. The first-order chi connectivity index (χ1) is 7.19. The number of carbonyl (C=O) groups excluding carboxylic acids is 1. The Morgan fingerprint density at radius 3 is 2.67 bits per heavy atom. The van der Waals surface area contributed by atoms with Crippen LogP contribution in [0.25, 0.3) is 0 Å². The molecule has 0 aromatic heterocycles. The second kappa shape index (κ2) is 5.54. The van der Waals surface area contributed by atoms with Crippen molar-refractivity contribution in [3.05, 3.63) is 28.8 Å². The van der Waals surface area contributed by atoms with Crippen molar-refractivity contribution in [1.29, 1.82) is 0 Å². The third kappa shape index (κ3) is 3.08.